The Morgan fingerprint density at radius 3 is 2.78 bits per heavy atom. The number of aliphatic hydroxyl groups excluding tert-OH is 1. The van der Waals surface area contributed by atoms with Crippen LogP contribution in [0, 0.1) is 5.92 Å². The van der Waals surface area contributed by atoms with Gasteiger partial charge in [-0.25, -0.2) is 0 Å². The Morgan fingerprint density at radius 2 is 2.22 bits per heavy atom. The van der Waals surface area contributed by atoms with E-state index in [1.54, 1.807) is 0 Å². The van der Waals surface area contributed by atoms with Crippen molar-refractivity contribution in [2.75, 3.05) is 26.4 Å². The smallest absolute Gasteiger partial charge is 0.225 e. The highest BCUT2D eigenvalue weighted by molar-refractivity contribution is 5.84. The molecule has 0 bridgehead atoms. The summed E-state index contributed by atoms with van der Waals surface area (Å²) in [4.78, 5) is 23.2. The number of carbonyl (C=O) groups is 2. The molecule has 2 amide bonds. The van der Waals surface area contributed by atoms with E-state index in [0.717, 1.165) is 0 Å². The predicted octanol–water partition coefficient (Wildman–Crippen LogP) is -0.830. The maximum Gasteiger partial charge on any atom is 0.225 e. The summed E-state index contributed by atoms with van der Waals surface area (Å²) in [7, 11) is 0. The number of nitrogens with one attached hydrogen (secondary N) is 2. The van der Waals surface area contributed by atoms with Crippen LogP contribution in [0.1, 0.15) is 25.7 Å². The van der Waals surface area contributed by atoms with E-state index in [4.69, 9.17) is 4.74 Å². The van der Waals surface area contributed by atoms with E-state index in [1.807, 2.05) is 0 Å². The molecule has 0 aromatic heterocycles. The zero-order valence-corrected chi connectivity index (χ0v) is 10.4. The van der Waals surface area contributed by atoms with Crippen molar-refractivity contribution in [1.29, 1.82) is 0 Å². The van der Waals surface area contributed by atoms with Gasteiger partial charge in [0.1, 0.15) is 0 Å². The topological polar surface area (TPSA) is 87.7 Å². The SMILES string of the molecule is O=C1CCC(C(=O)NC2(CO)CCOCC2)CN1. The van der Waals surface area contributed by atoms with Gasteiger partial charge in [-0.2, -0.15) is 0 Å². The molecular formula is C12H20N2O4. The molecule has 2 rings (SSSR count). The van der Waals surface area contributed by atoms with Crippen LogP contribution in [0.2, 0.25) is 0 Å². The molecule has 3 N–H and O–H groups in total. The van der Waals surface area contributed by atoms with Gasteiger partial charge in [0.2, 0.25) is 11.8 Å². The first-order valence-electron chi connectivity index (χ1n) is 6.42. The van der Waals surface area contributed by atoms with Gasteiger partial charge in [0.05, 0.1) is 18.1 Å². The van der Waals surface area contributed by atoms with Gasteiger partial charge in [-0.3, -0.25) is 9.59 Å². The summed E-state index contributed by atoms with van der Waals surface area (Å²) in [5, 5.41) is 15.1. The molecule has 0 aliphatic carbocycles. The van der Waals surface area contributed by atoms with Crippen LogP contribution >= 0.6 is 0 Å². The lowest BCUT2D eigenvalue weighted by molar-refractivity contribution is -0.132. The van der Waals surface area contributed by atoms with Gasteiger partial charge >= 0.3 is 0 Å². The van der Waals surface area contributed by atoms with Crippen molar-refractivity contribution in [3.63, 3.8) is 0 Å². The minimum Gasteiger partial charge on any atom is -0.394 e. The third-order valence-corrected chi connectivity index (χ3v) is 3.78. The Bertz CT molecular complexity index is 316. The average Bonchev–Trinajstić information content (AvgIpc) is 2.40. The van der Waals surface area contributed by atoms with Crippen molar-refractivity contribution in [2.24, 2.45) is 5.92 Å². The molecule has 2 aliphatic rings. The van der Waals surface area contributed by atoms with E-state index in [2.05, 4.69) is 10.6 Å². The summed E-state index contributed by atoms with van der Waals surface area (Å²) >= 11 is 0. The van der Waals surface area contributed by atoms with Gasteiger partial charge in [-0.15, -0.1) is 0 Å². The summed E-state index contributed by atoms with van der Waals surface area (Å²) in [6.45, 7) is 1.44. The van der Waals surface area contributed by atoms with Gasteiger partial charge in [-0.1, -0.05) is 0 Å². The largest absolute Gasteiger partial charge is 0.394 e. The van der Waals surface area contributed by atoms with Gasteiger partial charge in [0.15, 0.2) is 0 Å². The number of hydrogen-bond donors (Lipinski definition) is 3. The second-order valence-electron chi connectivity index (χ2n) is 5.08. The zero-order chi connectivity index (χ0) is 13.0. The fraction of sp³-hybridized carbons (Fsp3) is 0.833. The number of ether oxygens (including phenoxy) is 1. The standard InChI is InChI=1S/C12H20N2O4/c15-8-12(3-5-18-6-4-12)14-11(17)9-1-2-10(16)13-7-9/h9,15H,1-8H2,(H,13,16)(H,14,17). The van der Waals surface area contributed by atoms with Crippen LogP contribution in [0.15, 0.2) is 0 Å². The van der Waals surface area contributed by atoms with E-state index in [-0.39, 0.29) is 24.3 Å². The fourth-order valence-electron chi connectivity index (χ4n) is 2.40. The molecule has 102 valence electrons. The third-order valence-electron chi connectivity index (χ3n) is 3.78. The van der Waals surface area contributed by atoms with E-state index in [1.165, 1.54) is 0 Å². The molecule has 6 nitrogen and oxygen atoms in total. The first-order chi connectivity index (χ1) is 8.65. The molecule has 1 unspecified atom stereocenters. The van der Waals surface area contributed by atoms with Crippen molar-refractivity contribution >= 4 is 11.8 Å². The van der Waals surface area contributed by atoms with Crippen LogP contribution in [-0.4, -0.2) is 48.8 Å². The highest BCUT2D eigenvalue weighted by atomic mass is 16.5. The van der Waals surface area contributed by atoms with Crippen molar-refractivity contribution in [2.45, 2.75) is 31.2 Å². The number of aliphatic hydroxyl groups is 1. The Morgan fingerprint density at radius 1 is 1.50 bits per heavy atom. The van der Waals surface area contributed by atoms with Crippen LogP contribution in [-0.2, 0) is 14.3 Å². The predicted molar refractivity (Wildman–Crippen MR) is 63.7 cm³/mol. The highest BCUT2D eigenvalue weighted by Gasteiger charge is 2.36. The maximum absolute atomic E-state index is 12.1. The van der Waals surface area contributed by atoms with Crippen LogP contribution < -0.4 is 10.6 Å². The molecule has 2 aliphatic heterocycles. The van der Waals surface area contributed by atoms with Crippen molar-refractivity contribution in [3.8, 4) is 0 Å². The van der Waals surface area contributed by atoms with E-state index in [9.17, 15) is 14.7 Å². The number of rotatable bonds is 3. The average molecular weight is 256 g/mol. The zero-order valence-electron chi connectivity index (χ0n) is 10.4. The first-order valence-corrected chi connectivity index (χ1v) is 6.42. The summed E-state index contributed by atoms with van der Waals surface area (Å²) in [5.74, 6) is -0.262. The lowest BCUT2D eigenvalue weighted by atomic mass is 9.89. The van der Waals surface area contributed by atoms with E-state index in [0.29, 0.717) is 45.4 Å². The van der Waals surface area contributed by atoms with Gasteiger partial charge < -0.3 is 20.5 Å². The Labute approximate surface area is 106 Å². The summed E-state index contributed by atoms with van der Waals surface area (Å²) in [6, 6.07) is 0. The Balaban J connectivity index is 1.90. The van der Waals surface area contributed by atoms with Crippen molar-refractivity contribution < 1.29 is 19.4 Å². The second kappa shape index (κ2) is 5.67. The third kappa shape index (κ3) is 3.00. The number of carbonyl (C=O) groups excluding carboxylic acids is 2. The monoisotopic (exact) mass is 256 g/mol. The molecule has 6 heteroatoms. The number of amides is 2. The Kier molecular flexibility index (Phi) is 4.19. The van der Waals surface area contributed by atoms with E-state index < -0.39 is 5.54 Å². The van der Waals surface area contributed by atoms with E-state index >= 15 is 0 Å². The van der Waals surface area contributed by atoms with Crippen LogP contribution in [0.4, 0.5) is 0 Å². The van der Waals surface area contributed by atoms with Crippen LogP contribution in [0.25, 0.3) is 0 Å². The van der Waals surface area contributed by atoms with Gasteiger partial charge in [0, 0.05) is 26.2 Å². The molecule has 2 fully saturated rings. The minimum atomic E-state index is -0.545. The second-order valence-corrected chi connectivity index (χ2v) is 5.08. The van der Waals surface area contributed by atoms with Crippen LogP contribution in [0.5, 0.6) is 0 Å². The summed E-state index contributed by atoms with van der Waals surface area (Å²) in [5.41, 5.74) is -0.545. The normalized spacial score (nSPS) is 27.4. The minimum absolute atomic E-state index is 0.00184. The lowest BCUT2D eigenvalue weighted by Gasteiger charge is -2.37. The Hall–Kier alpha value is -1.14. The maximum atomic E-state index is 12.1. The molecule has 2 saturated heterocycles. The fourth-order valence-corrected chi connectivity index (χ4v) is 2.40. The summed E-state index contributed by atoms with van der Waals surface area (Å²) < 4.78 is 5.25. The molecule has 18 heavy (non-hydrogen) atoms. The number of hydrogen-bond acceptors (Lipinski definition) is 4. The summed E-state index contributed by atoms with van der Waals surface area (Å²) in [6.07, 6.45) is 2.24. The van der Waals surface area contributed by atoms with Crippen molar-refractivity contribution in [1.82, 2.24) is 10.6 Å². The molecule has 2 heterocycles. The highest BCUT2D eigenvalue weighted by Crippen LogP contribution is 2.21. The molecule has 1 atom stereocenters. The van der Waals surface area contributed by atoms with Gasteiger partial charge in [0.25, 0.3) is 0 Å². The first kappa shape index (κ1) is 13.3. The van der Waals surface area contributed by atoms with Crippen LogP contribution in [0.3, 0.4) is 0 Å². The number of piperidine rings is 1. The molecule has 0 saturated carbocycles. The molecule has 0 radical (unpaired) electrons. The quantitative estimate of drug-likeness (QED) is 0.615. The molecule has 0 spiro atoms. The lowest BCUT2D eigenvalue weighted by Crippen LogP contribution is -2.57. The molecular weight excluding hydrogens is 236 g/mol. The van der Waals surface area contributed by atoms with Gasteiger partial charge in [-0.05, 0) is 19.3 Å². The molecule has 0 aromatic rings. The molecule has 0 aromatic carbocycles. The van der Waals surface area contributed by atoms with Crippen molar-refractivity contribution in [3.05, 3.63) is 0 Å².